The maximum atomic E-state index is 3.79. The second kappa shape index (κ2) is 14.8. The maximum Gasteiger partial charge on any atom is 0.0249 e. The SMILES string of the molecule is C=CCCCCCCc1ccc(C#Cc2ccc(CCC3CCC(CCC)CC3)cc2)cc1. The van der Waals surface area contributed by atoms with E-state index in [1.54, 1.807) is 0 Å². The Bertz CT molecular complexity index is 851. The second-order valence-electron chi connectivity index (χ2n) is 10.1. The molecular weight excluding hydrogens is 396 g/mol. The van der Waals surface area contributed by atoms with Crippen molar-refractivity contribution >= 4 is 0 Å². The third-order valence-corrected chi connectivity index (χ3v) is 7.39. The molecular formula is C33H44. The summed E-state index contributed by atoms with van der Waals surface area (Å²) in [7, 11) is 0. The van der Waals surface area contributed by atoms with Crippen LogP contribution < -0.4 is 0 Å². The van der Waals surface area contributed by atoms with E-state index in [0.717, 1.165) is 29.4 Å². The maximum absolute atomic E-state index is 3.79. The van der Waals surface area contributed by atoms with Gasteiger partial charge in [-0.15, -0.1) is 6.58 Å². The number of unbranched alkanes of at least 4 members (excludes halogenated alkanes) is 4. The Balaban J connectivity index is 1.38. The zero-order valence-corrected chi connectivity index (χ0v) is 21.0. The van der Waals surface area contributed by atoms with Crippen molar-refractivity contribution in [2.24, 2.45) is 11.8 Å². The smallest absolute Gasteiger partial charge is 0.0249 e. The van der Waals surface area contributed by atoms with Crippen LogP contribution in [0, 0.1) is 23.7 Å². The summed E-state index contributed by atoms with van der Waals surface area (Å²) in [5, 5.41) is 0. The van der Waals surface area contributed by atoms with Gasteiger partial charge in [0, 0.05) is 11.1 Å². The fraction of sp³-hybridized carbons (Fsp3) is 0.515. The molecule has 0 N–H and O–H groups in total. The van der Waals surface area contributed by atoms with Crippen molar-refractivity contribution in [2.45, 2.75) is 96.8 Å². The minimum atomic E-state index is 0.942. The molecule has 0 nitrogen and oxygen atoms in total. The average molecular weight is 441 g/mol. The first-order chi connectivity index (χ1) is 16.3. The molecule has 0 radical (unpaired) electrons. The van der Waals surface area contributed by atoms with E-state index in [2.05, 4.69) is 73.9 Å². The third-order valence-electron chi connectivity index (χ3n) is 7.39. The summed E-state index contributed by atoms with van der Waals surface area (Å²) in [6.45, 7) is 6.12. The first-order valence-electron chi connectivity index (χ1n) is 13.6. The molecule has 176 valence electrons. The summed E-state index contributed by atoms with van der Waals surface area (Å²) in [6.07, 6.45) is 20.7. The van der Waals surface area contributed by atoms with E-state index in [4.69, 9.17) is 0 Å². The summed E-state index contributed by atoms with van der Waals surface area (Å²) in [5.74, 6) is 8.63. The average Bonchev–Trinajstić information content (AvgIpc) is 2.86. The van der Waals surface area contributed by atoms with Gasteiger partial charge in [-0.3, -0.25) is 0 Å². The van der Waals surface area contributed by atoms with Gasteiger partial charge in [0.15, 0.2) is 0 Å². The molecule has 3 rings (SSSR count). The van der Waals surface area contributed by atoms with Gasteiger partial charge >= 0.3 is 0 Å². The molecule has 2 aromatic carbocycles. The highest BCUT2D eigenvalue weighted by molar-refractivity contribution is 5.44. The number of hydrogen-bond donors (Lipinski definition) is 0. The predicted molar refractivity (Wildman–Crippen MR) is 145 cm³/mol. The van der Waals surface area contributed by atoms with E-state index >= 15 is 0 Å². The molecule has 0 bridgehead atoms. The van der Waals surface area contributed by atoms with Gasteiger partial charge in [-0.2, -0.15) is 0 Å². The topological polar surface area (TPSA) is 0 Å². The summed E-state index contributed by atoms with van der Waals surface area (Å²) >= 11 is 0. The van der Waals surface area contributed by atoms with E-state index in [1.807, 2.05) is 6.08 Å². The minimum Gasteiger partial charge on any atom is -0.103 e. The van der Waals surface area contributed by atoms with Gasteiger partial charge in [0.2, 0.25) is 0 Å². The van der Waals surface area contributed by atoms with Gasteiger partial charge < -0.3 is 0 Å². The highest BCUT2D eigenvalue weighted by Gasteiger charge is 2.20. The normalized spacial score (nSPS) is 17.8. The van der Waals surface area contributed by atoms with Gasteiger partial charge in [-0.1, -0.05) is 100 Å². The van der Waals surface area contributed by atoms with Gasteiger partial charge in [0.1, 0.15) is 0 Å². The van der Waals surface area contributed by atoms with Gasteiger partial charge in [-0.05, 0) is 85.8 Å². The summed E-state index contributed by atoms with van der Waals surface area (Å²) in [4.78, 5) is 0. The van der Waals surface area contributed by atoms with Gasteiger partial charge in [0.05, 0.1) is 0 Å². The molecule has 0 saturated heterocycles. The monoisotopic (exact) mass is 440 g/mol. The molecule has 0 heteroatoms. The second-order valence-corrected chi connectivity index (χ2v) is 10.1. The fourth-order valence-corrected chi connectivity index (χ4v) is 5.21. The Hall–Kier alpha value is -2.26. The van der Waals surface area contributed by atoms with Crippen LogP contribution in [0.5, 0.6) is 0 Å². The van der Waals surface area contributed by atoms with E-state index in [-0.39, 0.29) is 0 Å². The molecule has 0 atom stereocenters. The van der Waals surface area contributed by atoms with Crippen LogP contribution in [0.3, 0.4) is 0 Å². The highest BCUT2D eigenvalue weighted by atomic mass is 14.3. The predicted octanol–water partition coefficient (Wildman–Crippen LogP) is 9.30. The van der Waals surface area contributed by atoms with Crippen LogP contribution in [0.4, 0.5) is 0 Å². The lowest BCUT2D eigenvalue weighted by Crippen LogP contribution is -2.15. The molecule has 1 saturated carbocycles. The molecule has 0 amide bonds. The molecule has 0 unspecified atom stereocenters. The molecule has 0 heterocycles. The van der Waals surface area contributed by atoms with Crippen molar-refractivity contribution in [1.29, 1.82) is 0 Å². The van der Waals surface area contributed by atoms with Crippen molar-refractivity contribution in [2.75, 3.05) is 0 Å². The summed E-state index contributed by atoms with van der Waals surface area (Å²) in [5.41, 5.74) is 5.10. The van der Waals surface area contributed by atoms with Crippen molar-refractivity contribution in [3.63, 3.8) is 0 Å². The van der Waals surface area contributed by atoms with E-state index in [1.165, 1.54) is 94.6 Å². The van der Waals surface area contributed by atoms with Gasteiger partial charge in [-0.25, -0.2) is 0 Å². The van der Waals surface area contributed by atoms with Crippen LogP contribution in [0.1, 0.15) is 106 Å². The molecule has 1 aliphatic rings. The molecule has 33 heavy (non-hydrogen) atoms. The van der Waals surface area contributed by atoms with Gasteiger partial charge in [0.25, 0.3) is 0 Å². The molecule has 1 aliphatic carbocycles. The number of rotatable bonds is 12. The fourth-order valence-electron chi connectivity index (χ4n) is 5.21. The lowest BCUT2D eigenvalue weighted by Gasteiger charge is -2.28. The molecule has 0 aliphatic heterocycles. The quantitative estimate of drug-likeness (QED) is 0.175. The Morgan fingerprint density at radius 1 is 0.697 bits per heavy atom. The van der Waals surface area contributed by atoms with Crippen LogP contribution in [-0.4, -0.2) is 0 Å². The highest BCUT2D eigenvalue weighted by Crippen LogP contribution is 2.33. The lowest BCUT2D eigenvalue weighted by molar-refractivity contribution is 0.252. The number of aryl methyl sites for hydroxylation is 2. The zero-order valence-electron chi connectivity index (χ0n) is 21.0. The molecule has 0 spiro atoms. The standard InChI is InChI=1S/C33H44/c1-3-5-6-7-8-9-11-29-14-18-31(19-15-29)21-23-33-26-24-32(25-27-33)22-20-30-16-12-28(10-4-2)13-17-30/h3,14-15,18-19,24-28,30H,1,4-13,16-17,20,22H2,2H3. The molecule has 0 aromatic heterocycles. The van der Waals surface area contributed by atoms with E-state index < -0.39 is 0 Å². The van der Waals surface area contributed by atoms with Crippen molar-refractivity contribution in [3.8, 4) is 11.8 Å². The van der Waals surface area contributed by atoms with Crippen LogP contribution in [0.25, 0.3) is 0 Å². The number of hydrogen-bond acceptors (Lipinski definition) is 0. The summed E-state index contributed by atoms with van der Waals surface area (Å²) in [6, 6.07) is 17.8. The van der Waals surface area contributed by atoms with Crippen molar-refractivity contribution in [1.82, 2.24) is 0 Å². The Labute approximate surface area is 203 Å². The molecule has 1 fully saturated rings. The zero-order chi connectivity index (χ0) is 23.1. The Kier molecular flexibility index (Phi) is 11.4. The minimum absolute atomic E-state index is 0.942. The lowest BCUT2D eigenvalue weighted by atomic mass is 9.78. The van der Waals surface area contributed by atoms with Crippen LogP contribution >= 0.6 is 0 Å². The third kappa shape index (κ3) is 9.63. The first kappa shape index (κ1) is 25.4. The first-order valence-corrected chi connectivity index (χ1v) is 13.6. The Morgan fingerprint density at radius 3 is 1.76 bits per heavy atom. The Morgan fingerprint density at radius 2 is 1.21 bits per heavy atom. The van der Waals surface area contributed by atoms with Crippen LogP contribution in [-0.2, 0) is 12.8 Å². The largest absolute Gasteiger partial charge is 0.103 e. The van der Waals surface area contributed by atoms with Crippen molar-refractivity contribution < 1.29 is 0 Å². The number of allylic oxidation sites excluding steroid dienone is 1. The molecule has 2 aromatic rings. The van der Waals surface area contributed by atoms with E-state index in [9.17, 15) is 0 Å². The van der Waals surface area contributed by atoms with Crippen LogP contribution in [0.15, 0.2) is 61.2 Å². The van der Waals surface area contributed by atoms with Crippen LogP contribution in [0.2, 0.25) is 0 Å². The summed E-state index contributed by atoms with van der Waals surface area (Å²) < 4.78 is 0. The number of benzene rings is 2. The van der Waals surface area contributed by atoms with Crippen molar-refractivity contribution in [3.05, 3.63) is 83.4 Å². The van der Waals surface area contributed by atoms with E-state index in [0.29, 0.717) is 0 Å².